The van der Waals surface area contributed by atoms with Gasteiger partial charge < -0.3 is 25.2 Å². The van der Waals surface area contributed by atoms with E-state index in [4.69, 9.17) is 4.74 Å². The SMILES string of the molecule is CC(C)(C)OC(=O)NC1CCC(O)CC2CCC(C(=O)O)N2C1=O. The molecule has 4 unspecified atom stereocenters. The van der Waals surface area contributed by atoms with Gasteiger partial charge in [-0.3, -0.25) is 4.79 Å². The monoisotopic (exact) mass is 342 g/mol. The van der Waals surface area contributed by atoms with Crippen molar-refractivity contribution in [3.63, 3.8) is 0 Å². The van der Waals surface area contributed by atoms with E-state index in [1.54, 1.807) is 20.8 Å². The van der Waals surface area contributed by atoms with Crippen LogP contribution in [0.4, 0.5) is 4.79 Å². The summed E-state index contributed by atoms with van der Waals surface area (Å²) in [4.78, 5) is 37.5. The number of fused-ring (bicyclic) bond motifs is 1. The molecular formula is C16H26N2O6. The number of hydrogen-bond donors (Lipinski definition) is 3. The van der Waals surface area contributed by atoms with Crippen LogP contribution in [0.2, 0.25) is 0 Å². The molecule has 2 fully saturated rings. The average molecular weight is 342 g/mol. The smallest absolute Gasteiger partial charge is 0.408 e. The highest BCUT2D eigenvalue weighted by Gasteiger charge is 2.45. The highest BCUT2D eigenvalue weighted by molar-refractivity contribution is 5.90. The summed E-state index contributed by atoms with van der Waals surface area (Å²) in [6, 6.07) is -2.11. The van der Waals surface area contributed by atoms with Gasteiger partial charge in [0.05, 0.1) is 6.10 Å². The Labute approximate surface area is 141 Å². The van der Waals surface area contributed by atoms with Gasteiger partial charge >= 0.3 is 12.1 Å². The molecule has 2 aliphatic heterocycles. The van der Waals surface area contributed by atoms with Crippen LogP contribution in [0.25, 0.3) is 0 Å². The van der Waals surface area contributed by atoms with Crippen molar-refractivity contribution in [1.29, 1.82) is 0 Å². The minimum Gasteiger partial charge on any atom is -0.480 e. The lowest BCUT2D eigenvalue weighted by atomic mass is 9.97. The number of aliphatic hydroxyl groups is 1. The second-order valence-corrected chi connectivity index (χ2v) is 7.50. The number of aliphatic carboxylic acids is 1. The summed E-state index contributed by atoms with van der Waals surface area (Å²) in [5, 5.41) is 22.0. The number of carbonyl (C=O) groups is 3. The molecule has 2 amide bonds. The van der Waals surface area contributed by atoms with Gasteiger partial charge in [0.25, 0.3) is 0 Å². The van der Waals surface area contributed by atoms with E-state index in [-0.39, 0.29) is 12.5 Å². The van der Waals surface area contributed by atoms with Crippen molar-refractivity contribution in [2.24, 2.45) is 0 Å². The van der Waals surface area contributed by atoms with Gasteiger partial charge in [-0.2, -0.15) is 0 Å². The number of ether oxygens (including phenoxy) is 1. The summed E-state index contributed by atoms with van der Waals surface area (Å²) in [5.41, 5.74) is -0.700. The van der Waals surface area contributed by atoms with Gasteiger partial charge in [0.1, 0.15) is 17.7 Å². The number of carbonyl (C=O) groups excluding carboxylic acids is 2. The molecule has 3 N–H and O–H groups in total. The van der Waals surface area contributed by atoms with Crippen LogP contribution in [0.1, 0.15) is 52.9 Å². The van der Waals surface area contributed by atoms with Crippen molar-refractivity contribution in [3.8, 4) is 0 Å². The Morgan fingerprint density at radius 2 is 1.88 bits per heavy atom. The third-order valence-electron chi connectivity index (χ3n) is 4.36. The van der Waals surface area contributed by atoms with E-state index in [0.717, 1.165) is 0 Å². The van der Waals surface area contributed by atoms with E-state index in [2.05, 4.69) is 5.32 Å². The molecule has 0 spiro atoms. The van der Waals surface area contributed by atoms with Crippen molar-refractivity contribution in [3.05, 3.63) is 0 Å². The molecule has 4 atom stereocenters. The molecular weight excluding hydrogens is 316 g/mol. The zero-order valence-electron chi connectivity index (χ0n) is 14.3. The average Bonchev–Trinajstić information content (AvgIpc) is 2.82. The van der Waals surface area contributed by atoms with Crippen LogP contribution in [-0.2, 0) is 14.3 Å². The molecule has 8 nitrogen and oxygen atoms in total. The van der Waals surface area contributed by atoms with E-state index < -0.39 is 41.8 Å². The van der Waals surface area contributed by atoms with E-state index in [0.29, 0.717) is 25.7 Å². The van der Waals surface area contributed by atoms with Crippen LogP contribution in [0.3, 0.4) is 0 Å². The first-order chi connectivity index (χ1) is 11.1. The Kier molecular flexibility index (Phi) is 5.37. The quantitative estimate of drug-likeness (QED) is 0.686. The number of aliphatic hydroxyl groups excluding tert-OH is 1. The third kappa shape index (κ3) is 4.37. The van der Waals surface area contributed by atoms with Gasteiger partial charge in [-0.15, -0.1) is 0 Å². The maximum absolute atomic E-state index is 12.8. The number of nitrogens with zero attached hydrogens (tertiary/aromatic N) is 1. The topological polar surface area (TPSA) is 116 Å². The summed E-state index contributed by atoms with van der Waals surface area (Å²) >= 11 is 0. The Morgan fingerprint density at radius 3 is 2.46 bits per heavy atom. The number of rotatable bonds is 2. The lowest BCUT2D eigenvalue weighted by molar-refractivity contribution is -0.151. The number of alkyl carbamates (subject to hydrolysis) is 1. The predicted octanol–water partition coefficient (Wildman–Crippen LogP) is 0.869. The lowest BCUT2D eigenvalue weighted by Crippen LogP contribution is -2.56. The van der Waals surface area contributed by atoms with Gasteiger partial charge in [0.2, 0.25) is 5.91 Å². The van der Waals surface area contributed by atoms with Crippen LogP contribution in [0, 0.1) is 0 Å². The second-order valence-electron chi connectivity index (χ2n) is 7.50. The van der Waals surface area contributed by atoms with Crippen molar-refractivity contribution in [1.82, 2.24) is 10.2 Å². The first kappa shape index (κ1) is 18.5. The summed E-state index contributed by atoms with van der Waals surface area (Å²) in [6.07, 6.45) is 0.536. The Balaban J connectivity index is 2.16. The summed E-state index contributed by atoms with van der Waals surface area (Å²) in [5.74, 6) is -1.47. The van der Waals surface area contributed by atoms with Crippen LogP contribution in [0.5, 0.6) is 0 Å². The van der Waals surface area contributed by atoms with Crippen LogP contribution < -0.4 is 5.32 Å². The molecule has 136 valence electrons. The van der Waals surface area contributed by atoms with Crippen molar-refractivity contribution in [2.45, 2.75) is 82.7 Å². The van der Waals surface area contributed by atoms with Gasteiger partial charge in [0.15, 0.2) is 0 Å². The van der Waals surface area contributed by atoms with E-state index in [9.17, 15) is 24.6 Å². The standard InChI is InChI=1S/C16H26N2O6/c1-16(2,3)24-15(23)17-11-6-5-10(19)8-9-4-7-12(14(21)22)18(9)13(11)20/h9-12,19H,4-8H2,1-3H3,(H,17,23)(H,21,22). The molecule has 2 aliphatic rings. The van der Waals surface area contributed by atoms with Crippen molar-refractivity contribution >= 4 is 18.0 Å². The van der Waals surface area contributed by atoms with Crippen molar-refractivity contribution in [2.75, 3.05) is 0 Å². The highest BCUT2D eigenvalue weighted by Crippen LogP contribution is 2.31. The molecule has 0 radical (unpaired) electrons. The predicted molar refractivity (Wildman–Crippen MR) is 84.3 cm³/mol. The molecule has 2 rings (SSSR count). The first-order valence-corrected chi connectivity index (χ1v) is 8.31. The van der Waals surface area contributed by atoms with Crippen molar-refractivity contribution < 1.29 is 29.3 Å². The number of amides is 2. The fourth-order valence-corrected chi connectivity index (χ4v) is 3.37. The zero-order valence-corrected chi connectivity index (χ0v) is 14.3. The van der Waals surface area contributed by atoms with E-state index in [1.165, 1.54) is 4.90 Å². The number of hydrogen-bond acceptors (Lipinski definition) is 5. The van der Waals surface area contributed by atoms with E-state index in [1.807, 2.05) is 0 Å². The van der Waals surface area contributed by atoms with Gasteiger partial charge in [0, 0.05) is 6.04 Å². The second kappa shape index (κ2) is 6.96. The molecule has 2 saturated heterocycles. The maximum Gasteiger partial charge on any atom is 0.408 e. The van der Waals surface area contributed by atoms with Gasteiger partial charge in [-0.25, -0.2) is 9.59 Å². The minimum absolute atomic E-state index is 0.245. The molecule has 8 heteroatoms. The molecule has 0 aliphatic carbocycles. The Morgan fingerprint density at radius 1 is 1.21 bits per heavy atom. The number of nitrogens with one attached hydrogen (secondary N) is 1. The fourth-order valence-electron chi connectivity index (χ4n) is 3.37. The summed E-state index contributed by atoms with van der Waals surface area (Å²) in [6.45, 7) is 5.15. The first-order valence-electron chi connectivity index (χ1n) is 8.31. The molecule has 0 aromatic rings. The number of carboxylic acids is 1. The normalized spacial score (nSPS) is 31.0. The van der Waals surface area contributed by atoms with E-state index >= 15 is 0 Å². The Hall–Kier alpha value is -1.83. The highest BCUT2D eigenvalue weighted by atomic mass is 16.6. The molecule has 24 heavy (non-hydrogen) atoms. The summed E-state index contributed by atoms with van der Waals surface area (Å²) < 4.78 is 5.17. The fraction of sp³-hybridized carbons (Fsp3) is 0.812. The lowest BCUT2D eigenvalue weighted by Gasteiger charge is -2.35. The molecule has 2 heterocycles. The Bertz CT molecular complexity index is 515. The van der Waals surface area contributed by atoms with Gasteiger partial charge in [-0.05, 0) is 52.9 Å². The molecule has 0 saturated carbocycles. The maximum atomic E-state index is 12.8. The minimum atomic E-state index is -1.06. The summed E-state index contributed by atoms with van der Waals surface area (Å²) in [7, 11) is 0. The third-order valence-corrected chi connectivity index (χ3v) is 4.36. The van der Waals surface area contributed by atoms with Crippen LogP contribution in [-0.4, -0.2) is 62.9 Å². The van der Waals surface area contributed by atoms with Crippen LogP contribution in [0.15, 0.2) is 0 Å². The molecule has 0 bridgehead atoms. The molecule has 0 aromatic heterocycles. The molecule has 0 aromatic carbocycles. The largest absolute Gasteiger partial charge is 0.480 e. The van der Waals surface area contributed by atoms with Crippen LogP contribution >= 0.6 is 0 Å². The van der Waals surface area contributed by atoms with Gasteiger partial charge in [-0.1, -0.05) is 0 Å². The number of carboxylic acid groups (broad SMARTS) is 1. The zero-order chi connectivity index (χ0) is 18.1.